The van der Waals surface area contributed by atoms with Crippen LogP contribution in [0.3, 0.4) is 0 Å². The van der Waals surface area contributed by atoms with Gasteiger partial charge in [-0.25, -0.2) is 0 Å². The van der Waals surface area contributed by atoms with Gasteiger partial charge in [-0.2, -0.15) is 8.78 Å². The molecule has 0 radical (unpaired) electrons. The fourth-order valence-corrected chi connectivity index (χ4v) is 2.53. The van der Waals surface area contributed by atoms with Gasteiger partial charge in [-0.05, 0) is 25.0 Å². The number of alkyl halides is 2. The quantitative estimate of drug-likeness (QED) is 0.884. The van der Waals surface area contributed by atoms with Crippen molar-refractivity contribution in [2.24, 2.45) is 0 Å². The molecule has 0 heterocycles. The number of halogens is 4. The number of hydrogen-bond donors (Lipinski definition) is 1. The van der Waals surface area contributed by atoms with Crippen molar-refractivity contribution in [2.75, 3.05) is 12.4 Å². The van der Waals surface area contributed by atoms with Crippen LogP contribution in [0.25, 0.3) is 0 Å². The summed E-state index contributed by atoms with van der Waals surface area (Å²) in [7, 11) is 1.67. The smallest absolute Gasteiger partial charge is 0.387 e. The minimum Gasteiger partial charge on any atom is -0.432 e. The predicted molar refractivity (Wildman–Crippen MR) is 70.5 cm³/mol. The van der Waals surface area contributed by atoms with Crippen LogP contribution in [0.1, 0.15) is 12.8 Å². The van der Waals surface area contributed by atoms with E-state index in [1.54, 1.807) is 7.11 Å². The molecule has 1 aromatic carbocycles. The first-order chi connectivity index (χ1) is 8.99. The molecular formula is C12H13Cl2F2NO2. The van der Waals surface area contributed by atoms with E-state index in [4.69, 9.17) is 27.9 Å². The van der Waals surface area contributed by atoms with Gasteiger partial charge in [0.2, 0.25) is 0 Å². The first-order valence-corrected chi connectivity index (χ1v) is 6.48. The van der Waals surface area contributed by atoms with Crippen molar-refractivity contribution in [1.29, 1.82) is 0 Å². The van der Waals surface area contributed by atoms with E-state index in [0.29, 0.717) is 5.69 Å². The second-order valence-electron chi connectivity index (χ2n) is 4.32. The first-order valence-electron chi connectivity index (χ1n) is 5.72. The van der Waals surface area contributed by atoms with Crippen LogP contribution in [-0.2, 0) is 4.74 Å². The van der Waals surface area contributed by atoms with E-state index >= 15 is 0 Å². The monoisotopic (exact) mass is 311 g/mol. The SMILES string of the molecule is COC1CC(Nc2cc(Cl)c(OC(F)F)c(Cl)c2)C1. The predicted octanol–water partition coefficient (Wildman–Crippen LogP) is 4.18. The summed E-state index contributed by atoms with van der Waals surface area (Å²) in [6.07, 6.45) is 2.05. The van der Waals surface area contributed by atoms with E-state index in [1.807, 2.05) is 0 Å². The Bertz CT molecular complexity index is 430. The van der Waals surface area contributed by atoms with Crippen LogP contribution in [0.15, 0.2) is 12.1 Å². The molecule has 1 aliphatic rings. The summed E-state index contributed by atoms with van der Waals surface area (Å²) in [5, 5.41) is 3.32. The van der Waals surface area contributed by atoms with Crippen LogP contribution >= 0.6 is 23.2 Å². The van der Waals surface area contributed by atoms with Crippen molar-refractivity contribution in [1.82, 2.24) is 0 Å². The Morgan fingerprint density at radius 3 is 2.32 bits per heavy atom. The Morgan fingerprint density at radius 2 is 1.84 bits per heavy atom. The maximum Gasteiger partial charge on any atom is 0.387 e. The summed E-state index contributed by atoms with van der Waals surface area (Å²) in [5.74, 6) is -0.202. The summed E-state index contributed by atoms with van der Waals surface area (Å²) in [4.78, 5) is 0. The zero-order valence-corrected chi connectivity index (χ0v) is 11.6. The number of benzene rings is 1. The van der Waals surface area contributed by atoms with Gasteiger partial charge >= 0.3 is 6.61 Å². The molecule has 0 bridgehead atoms. The first kappa shape index (κ1) is 14.6. The lowest BCUT2D eigenvalue weighted by Gasteiger charge is -2.35. The fraction of sp³-hybridized carbons (Fsp3) is 0.500. The van der Waals surface area contributed by atoms with Gasteiger partial charge in [-0.1, -0.05) is 23.2 Å². The van der Waals surface area contributed by atoms with Crippen molar-refractivity contribution in [3.8, 4) is 5.75 Å². The molecule has 1 N–H and O–H groups in total. The van der Waals surface area contributed by atoms with Crippen molar-refractivity contribution >= 4 is 28.9 Å². The molecule has 1 aliphatic carbocycles. The number of rotatable bonds is 5. The van der Waals surface area contributed by atoms with Gasteiger partial charge in [-0.15, -0.1) is 0 Å². The zero-order valence-electron chi connectivity index (χ0n) is 10.1. The Hall–Kier alpha value is -0.780. The summed E-state index contributed by atoms with van der Waals surface area (Å²) in [6.45, 7) is -2.96. The van der Waals surface area contributed by atoms with Gasteiger partial charge in [0.25, 0.3) is 0 Å². The van der Waals surface area contributed by atoms with Gasteiger partial charge < -0.3 is 14.8 Å². The van der Waals surface area contributed by atoms with Crippen LogP contribution in [0, 0.1) is 0 Å². The van der Waals surface area contributed by atoms with Crippen LogP contribution in [0.5, 0.6) is 5.75 Å². The molecule has 3 nitrogen and oxygen atoms in total. The molecule has 0 unspecified atom stereocenters. The standard InChI is InChI=1S/C12H13Cl2F2NO2/c1-18-8-2-6(3-8)17-7-4-9(13)11(10(14)5-7)19-12(15)16/h4-6,8,12,17H,2-3H2,1H3. The van der Waals surface area contributed by atoms with Gasteiger partial charge in [0.1, 0.15) is 0 Å². The number of anilines is 1. The molecule has 1 saturated carbocycles. The Labute approximate surface area is 119 Å². The highest BCUT2D eigenvalue weighted by atomic mass is 35.5. The third kappa shape index (κ3) is 3.61. The summed E-state index contributed by atoms with van der Waals surface area (Å²) in [6, 6.07) is 3.32. The lowest BCUT2D eigenvalue weighted by Crippen LogP contribution is -2.40. The number of ether oxygens (including phenoxy) is 2. The molecule has 2 rings (SSSR count). The second kappa shape index (κ2) is 6.11. The lowest BCUT2D eigenvalue weighted by molar-refractivity contribution is -0.0497. The maximum atomic E-state index is 12.2. The van der Waals surface area contributed by atoms with Crippen LogP contribution in [-0.4, -0.2) is 25.9 Å². The van der Waals surface area contributed by atoms with Crippen LogP contribution in [0.2, 0.25) is 10.0 Å². The average Bonchev–Trinajstić information content (AvgIpc) is 2.27. The van der Waals surface area contributed by atoms with E-state index in [-0.39, 0.29) is 27.9 Å². The Balaban J connectivity index is 2.03. The molecule has 106 valence electrons. The molecule has 0 amide bonds. The number of methoxy groups -OCH3 is 1. The van der Waals surface area contributed by atoms with Crippen molar-refractivity contribution < 1.29 is 18.3 Å². The van der Waals surface area contributed by atoms with Crippen LogP contribution < -0.4 is 10.1 Å². The fourth-order valence-electron chi connectivity index (χ4n) is 1.96. The topological polar surface area (TPSA) is 30.5 Å². The molecule has 0 aliphatic heterocycles. The second-order valence-corrected chi connectivity index (χ2v) is 5.13. The van der Waals surface area contributed by atoms with Gasteiger partial charge in [0.05, 0.1) is 16.1 Å². The largest absolute Gasteiger partial charge is 0.432 e. The molecule has 0 atom stereocenters. The third-order valence-corrected chi connectivity index (χ3v) is 3.57. The molecule has 0 spiro atoms. The van der Waals surface area contributed by atoms with E-state index in [9.17, 15) is 8.78 Å². The van der Waals surface area contributed by atoms with Gasteiger partial charge in [0, 0.05) is 18.8 Å². The molecule has 1 fully saturated rings. The molecule has 7 heteroatoms. The summed E-state index contributed by atoms with van der Waals surface area (Å²) in [5.41, 5.74) is 0.677. The normalized spacial score (nSPS) is 22.2. The van der Waals surface area contributed by atoms with Gasteiger partial charge in [0.15, 0.2) is 5.75 Å². The molecule has 0 aromatic heterocycles. The highest BCUT2D eigenvalue weighted by Gasteiger charge is 2.29. The molecular weight excluding hydrogens is 299 g/mol. The molecule has 0 saturated heterocycles. The molecule has 1 aromatic rings. The third-order valence-electron chi connectivity index (χ3n) is 3.00. The van der Waals surface area contributed by atoms with E-state index in [1.165, 1.54) is 12.1 Å². The summed E-state index contributed by atoms with van der Waals surface area (Å²) >= 11 is 11.7. The highest BCUT2D eigenvalue weighted by molar-refractivity contribution is 6.37. The van der Waals surface area contributed by atoms with Crippen molar-refractivity contribution in [3.05, 3.63) is 22.2 Å². The number of hydrogen-bond acceptors (Lipinski definition) is 3. The lowest BCUT2D eigenvalue weighted by atomic mass is 9.89. The highest BCUT2D eigenvalue weighted by Crippen LogP contribution is 2.38. The summed E-state index contributed by atoms with van der Waals surface area (Å²) < 4.78 is 33.8. The Kier molecular flexibility index (Phi) is 4.71. The van der Waals surface area contributed by atoms with Crippen molar-refractivity contribution in [2.45, 2.75) is 31.6 Å². The molecule has 19 heavy (non-hydrogen) atoms. The van der Waals surface area contributed by atoms with Crippen molar-refractivity contribution in [3.63, 3.8) is 0 Å². The van der Waals surface area contributed by atoms with E-state index in [0.717, 1.165) is 12.8 Å². The number of nitrogens with one attached hydrogen (secondary N) is 1. The van der Waals surface area contributed by atoms with E-state index in [2.05, 4.69) is 10.1 Å². The maximum absolute atomic E-state index is 12.2. The average molecular weight is 312 g/mol. The minimum atomic E-state index is -2.96. The Morgan fingerprint density at radius 1 is 1.26 bits per heavy atom. The minimum absolute atomic E-state index is 0.0536. The van der Waals surface area contributed by atoms with E-state index < -0.39 is 6.61 Å². The van der Waals surface area contributed by atoms with Gasteiger partial charge in [-0.3, -0.25) is 0 Å². The zero-order chi connectivity index (χ0) is 14.0. The van der Waals surface area contributed by atoms with Crippen LogP contribution in [0.4, 0.5) is 14.5 Å².